The van der Waals surface area contributed by atoms with Gasteiger partial charge in [-0.3, -0.25) is 18.6 Å². The summed E-state index contributed by atoms with van der Waals surface area (Å²) in [4.78, 5) is 28.3. The van der Waals surface area contributed by atoms with Gasteiger partial charge in [-0.15, -0.1) is 16.8 Å². The molecule has 4 aromatic rings. The standard InChI is InChI=1S/C24H23N5O2S/c1-4-13-27-22(31)18-10-6-8-12-20(18)29-23(27)25-26-24(29)32-16(3)21(30)28-15(2)14-17-9-5-7-11-19(17)28/h4-12,15-16H,1,13-14H2,2-3H3. The Morgan fingerprint density at radius 3 is 2.78 bits per heavy atom. The first-order valence-corrected chi connectivity index (χ1v) is 11.4. The van der Waals surface area contributed by atoms with E-state index in [2.05, 4.69) is 29.8 Å². The van der Waals surface area contributed by atoms with Crippen LogP contribution in [0.3, 0.4) is 0 Å². The highest BCUT2D eigenvalue weighted by atomic mass is 32.2. The Balaban J connectivity index is 1.56. The number of rotatable bonds is 5. The first-order chi connectivity index (χ1) is 15.5. The van der Waals surface area contributed by atoms with E-state index in [-0.39, 0.29) is 22.8 Å². The highest BCUT2D eigenvalue weighted by Gasteiger charge is 2.34. The summed E-state index contributed by atoms with van der Waals surface area (Å²) in [6.45, 7) is 8.05. The zero-order valence-corrected chi connectivity index (χ0v) is 18.7. The summed E-state index contributed by atoms with van der Waals surface area (Å²) in [5.41, 5.74) is 2.76. The lowest BCUT2D eigenvalue weighted by molar-refractivity contribution is -0.118. The van der Waals surface area contributed by atoms with Gasteiger partial charge in [-0.25, -0.2) is 0 Å². The second-order valence-electron chi connectivity index (χ2n) is 7.99. The Morgan fingerprint density at radius 2 is 1.97 bits per heavy atom. The molecule has 0 bridgehead atoms. The van der Waals surface area contributed by atoms with Crippen molar-refractivity contribution in [3.05, 3.63) is 77.1 Å². The number of aromatic nitrogens is 4. The molecule has 0 saturated carbocycles. The molecule has 2 atom stereocenters. The van der Waals surface area contributed by atoms with Crippen LogP contribution in [-0.2, 0) is 17.8 Å². The highest BCUT2D eigenvalue weighted by Crippen LogP contribution is 2.35. The first kappa shape index (κ1) is 20.5. The van der Waals surface area contributed by atoms with Crippen LogP contribution in [0.4, 0.5) is 5.69 Å². The van der Waals surface area contributed by atoms with Crippen molar-refractivity contribution in [3.8, 4) is 0 Å². The number of benzene rings is 2. The molecule has 2 unspecified atom stereocenters. The molecule has 162 valence electrons. The Bertz CT molecular complexity index is 1420. The second kappa shape index (κ2) is 7.94. The van der Waals surface area contributed by atoms with Crippen LogP contribution in [0, 0.1) is 0 Å². The fourth-order valence-electron chi connectivity index (χ4n) is 4.41. The third kappa shape index (κ3) is 3.14. The van der Waals surface area contributed by atoms with Gasteiger partial charge in [0.15, 0.2) is 5.16 Å². The third-order valence-corrected chi connectivity index (χ3v) is 6.89. The van der Waals surface area contributed by atoms with Crippen molar-refractivity contribution >= 4 is 40.0 Å². The average Bonchev–Trinajstić information content (AvgIpc) is 3.36. The number of nitrogens with zero attached hydrogens (tertiary/aromatic N) is 5. The third-order valence-electron chi connectivity index (χ3n) is 5.86. The van der Waals surface area contributed by atoms with Crippen LogP contribution in [0.5, 0.6) is 0 Å². The number of anilines is 1. The van der Waals surface area contributed by atoms with Crippen LogP contribution in [0.25, 0.3) is 16.7 Å². The summed E-state index contributed by atoms with van der Waals surface area (Å²) in [5, 5.41) is 9.42. The summed E-state index contributed by atoms with van der Waals surface area (Å²) < 4.78 is 3.41. The van der Waals surface area contributed by atoms with Crippen molar-refractivity contribution in [2.24, 2.45) is 0 Å². The molecule has 3 heterocycles. The van der Waals surface area contributed by atoms with Gasteiger partial charge in [-0.2, -0.15) is 0 Å². The molecule has 32 heavy (non-hydrogen) atoms. The molecule has 0 saturated heterocycles. The number of amides is 1. The lowest BCUT2D eigenvalue weighted by atomic mass is 10.1. The number of hydrogen-bond acceptors (Lipinski definition) is 5. The summed E-state index contributed by atoms with van der Waals surface area (Å²) >= 11 is 1.36. The molecular weight excluding hydrogens is 422 g/mol. The molecule has 0 aliphatic carbocycles. The van der Waals surface area contributed by atoms with Crippen LogP contribution in [0.15, 0.2) is 71.1 Å². The SMILES string of the molecule is C=CCn1c(=O)c2ccccc2n2c(SC(C)C(=O)N3c4ccccc4CC3C)nnc12. The van der Waals surface area contributed by atoms with E-state index in [1.807, 2.05) is 52.6 Å². The van der Waals surface area contributed by atoms with E-state index in [1.54, 1.807) is 16.7 Å². The zero-order chi connectivity index (χ0) is 22.4. The van der Waals surface area contributed by atoms with Gasteiger partial charge in [-0.05, 0) is 44.0 Å². The van der Waals surface area contributed by atoms with Gasteiger partial charge in [0, 0.05) is 18.3 Å². The van der Waals surface area contributed by atoms with Gasteiger partial charge in [0.2, 0.25) is 11.7 Å². The monoisotopic (exact) mass is 445 g/mol. The molecule has 0 fully saturated rings. The Morgan fingerprint density at radius 1 is 1.22 bits per heavy atom. The summed E-state index contributed by atoms with van der Waals surface area (Å²) in [6.07, 6.45) is 2.52. The quantitative estimate of drug-likeness (QED) is 0.346. The zero-order valence-electron chi connectivity index (χ0n) is 17.9. The molecule has 0 spiro atoms. The molecule has 1 amide bonds. The molecule has 5 rings (SSSR count). The molecule has 0 radical (unpaired) electrons. The smallest absolute Gasteiger partial charge is 0.263 e. The maximum absolute atomic E-state index is 13.4. The fourth-order valence-corrected chi connectivity index (χ4v) is 5.31. The van der Waals surface area contributed by atoms with Gasteiger partial charge in [-0.1, -0.05) is 48.2 Å². The Kier molecular flexibility index (Phi) is 5.09. The topological polar surface area (TPSA) is 72.5 Å². The van der Waals surface area contributed by atoms with E-state index in [0.29, 0.717) is 22.9 Å². The summed E-state index contributed by atoms with van der Waals surface area (Å²) in [5.74, 6) is 0.476. The van der Waals surface area contributed by atoms with Crippen LogP contribution >= 0.6 is 11.8 Å². The Labute approximate surface area is 189 Å². The first-order valence-electron chi connectivity index (χ1n) is 10.6. The fraction of sp³-hybridized carbons (Fsp3) is 0.250. The second-order valence-corrected chi connectivity index (χ2v) is 9.30. The van der Waals surface area contributed by atoms with E-state index in [0.717, 1.165) is 17.6 Å². The molecular formula is C24H23N5O2S. The van der Waals surface area contributed by atoms with E-state index in [9.17, 15) is 9.59 Å². The van der Waals surface area contributed by atoms with Crippen molar-refractivity contribution < 1.29 is 4.79 Å². The Hall–Kier alpha value is -3.39. The van der Waals surface area contributed by atoms with Gasteiger partial charge in [0.05, 0.1) is 16.2 Å². The maximum Gasteiger partial charge on any atom is 0.263 e. The summed E-state index contributed by atoms with van der Waals surface area (Å²) in [6, 6.07) is 15.5. The number of carbonyl (C=O) groups is 1. The van der Waals surface area contributed by atoms with E-state index in [4.69, 9.17) is 0 Å². The minimum absolute atomic E-state index is 0.0351. The van der Waals surface area contributed by atoms with E-state index >= 15 is 0 Å². The highest BCUT2D eigenvalue weighted by molar-refractivity contribution is 8.00. The van der Waals surface area contributed by atoms with Crippen LogP contribution in [0.1, 0.15) is 19.4 Å². The lowest BCUT2D eigenvalue weighted by Crippen LogP contribution is -2.40. The summed E-state index contributed by atoms with van der Waals surface area (Å²) in [7, 11) is 0. The number of fused-ring (bicyclic) bond motifs is 4. The van der Waals surface area contributed by atoms with Gasteiger partial charge in [0.1, 0.15) is 0 Å². The van der Waals surface area contributed by atoms with Gasteiger partial charge in [0.25, 0.3) is 5.56 Å². The van der Waals surface area contributed by atoms with Crippen molar-refractivity contribution in [1.82, 2.24) is 19.2 Å². The van der Waals surface area contributed by atoms with E-state index in [1.165, 1.54) is 17.3 Å². The van der Waals surface area contributed by atoms with Gasteiger partial charge >= 0.3 is 0 Å². The molecule has 2 aromatic carbocycles. The molecule has 1 aliphatic rings. The minimum Gasteiger partial charge on any atom is -0.308 e. The van der Waals surface area contributed by atoms with Crippen molar-refractivity contribution in [1.29, 1.82) is 0 Å². The van der Waals surface area contributed by atoms with E-state index < -0.39 is 0 Å². The van der Waals surface area contributed by atoms with Crippen molar-refractivity contribution in [2.45, 2.75) is 43.3 Å². The predicted molar refractivity (Wildman–Crippen MR) is 127 cm³/mol. The van der Waals surface area contributed by atoms with Crippen molar-refractivity contribution in [2.75, 3.05) is 4.90 Å². The van der Waals surface area contributed by atoms with Crippen LogP contribution < -0.4 is 10.5 Å². The maximum atomic E-state index is 13.4. The van der Waals surface area contributed by atoms with Gasteiger partial charge < -0.3 is 4.90 Å². The van der Waals surface area contributed by atoms with Crippen LogP contribution in [-0.4, -0.2) is 36.4 Å². The number of hydrogen-bond donors (Lipinski definition) is 0. The molecule has 7 nitrogen and oxygen atoms in total. The largest absolute Gasteiger partial charge is 0.308 e. The number of carbonyl (C=O) groups excluding carboxylic acids is 1. The normalized spacial score (nSPS) is 16.4. The number of thioether (sulfide) groups is 1. The predicted octanol–water partition coefficient (Wildman–Crippen LogP) is 3.69. The molecule has 2 aromatic heterocycles. The number of allylic oxidation sites excluding steroid dienone is 1. The molecule has 0 N–H and O–H groups in total. The minimum atomic E-state index is -0.380. The molecule has 1 aliphatic heterocycles. The number of para-hydroxylation sites is 2. The lowest BCUT2D eigenvalue weighted by Gasteiger charge is -2.25. The van der Waals surface area contributed by atoms with Crippen LogP contribution in [0.2, 0.25) is 0 Å². The average molecular weight is 446 g/mol. The molecule has 8 heteroatoms. The van der Waals surface area contributed by atoms with Crippen molar-refractivity contribution in [3.63, 3.8) is 0 Å².